The van der Waals surface area contributed by atoms with Crippen LogP contribution in [0.25, 0.3) is 0 Å². The zero-order valence-electron chi connectivity index (χ0n) is 11.7. The van der Waals surface area contributed by atoms with Crippen LogP contribution in [0.15, 0.2) is 0 Å². The van der Waals surface area contributed by atoms with Crippen LogP contribution in [-0.4, -0.2) is 47.2 Å². The van der Waals surface area contributed by atoms with Gasteiger partial charge in [-0.2, -0.15) is 0 Å². The molecule has 5 heteroatoms. The van der Waals surface area contributed by atoms with Crippen LogP contribution >= 0.6 is 0 Å². The average Bonchev–Trinajstić information content (AvgIpc) is 2.41. The molecule has 4 atom stereocenters. The van der Waals surface area contributed by atoms with Crippen LogP contribution < -0.4 is 0 Å². The first-order valence-corrected chi connectivity index (χ1v) is 7.15. The molecule has 1 aliphatic heterocycles. The number of hydrogen-bond acceptors (Lipinski definition) is 3. The third-order valence-electron chi connectivity index (χ3n) is 4.54. The second-order valence-electron chi connectivity index (χ2n) is 5.75. The van der Waals surface area contributed by atoms with E-state index in [1.807, 2.05) is 18.7 Å². The molecule has 0 bridgehead atoms. The minimum Gasteiger partial charge on any atom is -0.481 e. The Hall–Kier alpha value is -1.10. The molecule has 1 saturated heterocycles. The number of carbonyl (C=O) groups is 2. The molecule has 0 aromatic carbocycles. The van der Waals surface area contributed by atoms with Crippen LogP contribution in [0.3, 0.4) is 0 Å². The van der Waals surface area contributed by atoms with E-state index in [2.05, 4.69) is 0 Å². The van der Waals surface area contributed by atoms with E-state index in [0.29, 0.717) is 26.0 Å². The van der Waals surface area contributed by atoms with Crippen molar-refractivity contribution in [2.24, 2.45) is 11.8 Å². The standard InChI is InChI=1S/C14H23NO4/c1-9-10(2)19-7-6-15(9)13(16)11-4-3-5-12(8-11)14(17)18/h9-12H,3-8H2,1-2H3,(H,17,18). The monoisotopic (exact) mass is 269 g/mol. The number of rotatable bonds is 2. The van der Waals surface area contributed by atoms with Gasteiger partial charge in [-0.25, -0.2) is 0 Å². The number of morpholine rings is 1. The molecule has 1 aliphatic carbocycles. The number of aliphatic carboxylic acids is 1. The summed E-state index contributed by atoms with van der Waals surface area (Å²) in [5.41, 5.74) is 0. The Kier molecular flexibility index (Phi) is 4.45. The van der Waals surface area contributed by atoms with Crippen molar-refractivity contribution < 1.29 is 19.4 Å². The SMILES string of the molecule is CC1OCCN(C(=O)C2CCCC(C(=O)O)C2)C1C. The molecule has 1 saturated carbocycles. The highest BCUT2D eigenvalue weighted by Crippen LogP contribution is 2.31. The van der Waals surface area contributed by atoms with Gasteiger partial charge in [-0.05, 0) is 33.1 Å². The molecular weight excluding hydrogens is 246 g/mol. The van der Waals surface area contributed by atoms with Crippen LogP contribution in [-0.2, 0) is 14.3 Å². The van der Waals surface area contributed by atoms with Crippen molar-refractivity contribution in [2.45, 2.75) is 51.7 Å². The topological polar surface area (TPSA) is 66.8 Å². The number of hydrogen-bond donors (Lipinski definition) is 1. The molecule has 2 aliphatic rings. The number of nitrogens with zero attached hydrogens (tertiary/aromatic N) is 1. The first-order chi connectivity index (χ1) is 9.00. The Morgan fingerprint density at radius 1 is 1.21 bits per heavy atom. The van der Waals surface area contributed by atoms with Gasteiger partial charge in [-0.15, -0.1) is 0 Å². The molecule has 1 N–H and O–H groups in total. The molecule has 2 rings (SSSR count). The maximum Gasteiger partial charge on any atom is 0.306 e. The minimum absolute atomic E-state index is 0.0524. The van der Waals surface area contributed by atoms with Gasteiger partial charge in [0.1, 0.15) is 0 Å². The molecule has 0 aromatic heterocycles. The van der Waals surface area contributed by atoms with Crippen LogP contribution in [0.5, 0.6) is 0 Å². The summed E-state index contributed by atoms with van der Waals surface area (Å²) in [6.07, 6.45) is 2.90. The smallest absolute Gasteiger partial charge is 0.306 e. The van der Waals surface area contributed by atoms with Gasteiger partial charge in [0.2, 0.25) is 5.91 Å². The second-order valence-corrected chi connectivity index (χ2v) is 5.75. The zero-order chi connectivity index (χ0) is 14.0. The molecule has 1 amide bonds. The summed E-state index contributed by atoms with van der Waals surface area (Å²) < 4.78 is 5.53. The molecule has 0 radical (unpaired) electrons. The Labute approximate surface area is 113 Å². The van der Waals surface area contributed by atoms with Crippen LogP contribution in [0.2, 0.25) is 0 Å². The van der Waals surface area contributed by atoms with E-state index < -0.39 is 5.97 Å². The summed E-state index contributed by atoms with van der Waals surface area (Å²) >= 11 is 0. The summed E-state index contributed by atoms with van der Waals surface area (Å²) in [4.78, 5) is 25.5. The van der Waals surface area contributed by atoms with Crippen LogP contribution in [0.4, 0.5) is 0 Å². The fourth-order valence-electron chi connectivity index (χ4n) is 3.12. The summed E-state index contributed by atoms with van der Waals surface area (Å²) in [6.45, 7) is 5.18. The first kappa shape index (κ1) is 14.3. The Balaban J connectivity index is 2.00. The normalized spacial score (nSPS) is 36.0. The second kappa shape index (κ2) is 5.90. The summed E-state index contributed by atoms with van der Waals surface area (Å²) in [5.74, 6) is -1.12. The fraction of sp³-hybridized carbons (Fsp3) is 0.857. The van der Waals surface area contributed by atoms with Crippen LogP contribution in [0.1, 0.15) is 39.5 Å². The van der Waals surface area contributed by atoms with E-state index in [9.17, 15) is 9.59 Å². The van der Waals surface area contributed by atoms with Crippen molar-refractivity contribution in [1.82, 2.24) is 4.90 Å². The molecule has 5 nitrogen and oxygen atoms in total. The minimum atomic E-state index is -0.763. The Bertz CT molecular complexity index is 357. The van der Waals surface area contributed by atoms with Gasteiger partial charge in [0.05, 0.1) is 24.7 Å². The number of carboxylic acid groups (broad SMARTS) is 1. The van der Waals surface area contributed by atoms with Gasteiger partial charge in [0.15, 0.2) is 0 Å². The van der Waals surface area contributed by atoms with Gasteiger partial charge in [0, 0.05) is 12.5 Å². The highest BCUT2D eigenvalue weighted by molar-refractivity contribution is 5.80. The van der Waals surface area contributed by atoms with Gasteiger partial charge in [-0.3, -0.25) is 9.59 Å². The van der Waals surface area contributed by atoms with Crippen molar-refractivity contribution in [3.05, 3.63) is 0 Å². The third kappa shape index (κ3) is 3.08. The molecular formula is C14H23NO4. The molecule has 0 spiro atoms. The largest absolute Gasteiger partial charge is 0.481 e. The molecule has 108 valence electrons. The van der Waals surface area contributed by atoms with Crippen molar-refractivity contribution >= 4 is 11.9 Å². The van der Waals surface area contributed by atoms with Crippen molar-refractivity contribution in [2.75, 3.05) is 13.2 Å². The van der Waals surface area contributed by atoms with E-state index in [1.54, 1.807) is 0 Å². The third-order valence-corrected chi connectivity index (χ3v) is 4.54. The lowest BCUT2D eigenvalue weighted by Crippen LogP contribution is -2.53. The molecule has 19 heavy (non-hydrogen) atoms. The van der Waals surface area contributed by atoms with E-state index in [0.717, 1.165) is 12.8 Å². The van der Waals surface area contributed by atoms with E-state index in [4.69, 9.17) is 9.84 Å². The molecule has 0 aromatic rings. The lowest BCUT2D eigenvalue weighted by molar-refractivity contribution is -0.152. The number of ether oxygens (including phenoxy) is 1. The summed E-state index contributed by atoms with van der Waals surface area (Å²) in [7, 11) is 0. The van der Waals surface area contributed by atoms with Crippen molar-refractivity contribution in [1.29, 1.82) is 0 Å². The quantitative estimate of drug-likeness (QED) is 0.825. The summed E-state index contributed by atoms with van der Waals surface area (Å²) in [5, 5.41) is 9.10. The predicted octanol–water partition coefficient (Wildman–Crippen LogP) is 1.51. The lowest BCUT2D eigenvalue weighted by atomic mass is 9.80. The van der Waals surface area contributed by atoms with E-state index >= 15 is 0 Å². The van der Waals surface area contributed by atoms with Gasteiger partial charge >= 0.3 is 5.97 Å². The maximum atomic E-state index is 12.6. The van der Waals surface area contributed by atoms with Crippen LogP contribution in [0, 0.1) is 11.8 Å². The highest BCUT2D eigenvalue weighted by Gasteiger charge is 2.37. The number of carboxylic acids is 1. The van der Waals surface area contributed by atoms with E-state index in [-0.39, 0.29) is 29.9 Å². The molecule has 4 unspecified atom stereocenters. The Morgan fingerprint density at radius 2 is 1.89 bits per heavy atom. The average molecular weight is 269 g/mol. The zero-order valence-corrected chi connectivity index (χ0v) is 11.7. The van der Waals surface area contributed by atoms with Gasteiger partial charge < -0.3 is 14.7 Å². The lowest BCUT2D eigenvalue weighted by Gasteiger charge is -2.40. The van der Waals surface area contributed by atoms with E-state index in [1.165, 1.54) is 0 Å². The fourth-order valence-corrected chi connectivity index (χ4v) is 3.12. The molecule has 1 heterocycles. The number of amides is 1. The maximum absolute atomic E-state index is 12.6. The predicted molar refractivity (Wildman–Crippen MR) is 69.7 cm³/mol. The number of carbonyl (C=O) groups excluding carboxylic acids is 1. The first-order valence-electron chi connectivity index (χ1n) is 7.15. The molecule has 2 fully saturated rings. The Morgan fingerprint density at radius 3 is 2.58 bits per heavy atom. The van der Waals surface area contributed by atoms with Gasteiger partial charge in [0.25, 0.3) is 0 Å². The van der Waals surface area contributed by atoms with Crippen molar-refractivity contribution in [3.8, 4) is 0 Å². The van der Waals surface area contributed by atoms with Crippen molar-refractivity contribution in [3.63, 3.8) is 0 Å². The van der Waals surface area contributed by atoms with Gasteiger partial charge in [-0.1, -0.05) is 6.42 Å². The highest BCUT2D eigenvalue weighted by atomic mass is 16.5. The summed E-state index contributed by atoms with van der Waals surface area (Å²) in [6, 6.07) is 0.0754.